The fraction of sp³-hybridized carbons (Fsp3) is 0.250. The minimum atomic E-state index is -0.142. The number of thiophene rings is 1. The molecule has 9 rings (SSSR count). The summed E-state index contributed by atoms with van der Waals surface area (Å²) in [7, 11) is 0. The predicted molar refractivity (Wildman–Crippen MR) is 306 cm³/mol. The fourth-order valence-corrected chi connectivity index (χ4v) is 11.0. The number of hydrogen-bond donors (Lipinski definition) is 0. The van der Waals surface area contributed by atoms with Gasteiger partial charge in [0, 0.05) is 53.6 Å². The van der Waals surface area contributed by atoms with Crippen molar-refractivity contribution in [1.29, 1.82) is 0 Å². The molecule has 0 spiro atoms. The van der Waals surface area contributed by atoms with Crippen molar-refractivity contribution in [2.45, 2.75) is 113 Å². The van der Waals surface area contributed by atoms with Gasteiger partial charge in [-0.3, -0.25) is 0 Å². The second-order valence-electron chi connectivity index (χ2n) is 16.4. The molecule has 5 aromatic carbocycles. The van der Waals surface area contributed by atoms with E-state index in [1.165, 1.54) is 103 Å². The van der Waals surface area contributed by atoms with E-state index in [4.69, 9.17) is 6.42 Å². The third-order valence-electron chi connectivity index (χ3n) is 12.2. The first-order valence-corrected chi connectivity index (χ1v) is 25.9. The maximum atomic E-state index is 4.80. The Morgan fingerprint density at radius 3 is 2.12 bits per heavy atom. The molecule has 3 aliphatic rings. The molecule has 0 aliphatic heterocycles. The van der Waals surface area contributed by atoms with Crippen molar-refractivity contribution >= 4 is 77.3 Å². The third kappa shape index (κ3) is 11.2. The molecule has 6 aromatic rings. The zero-order valence-electron chi connectivity index (χ0n) is 42.3. The largest absolute Gasteiger partial charge is 0.320 e. The molecule has 0 saturated carbocycles. The maximum absolute atomic E-state index is 4.80. The van der Waals surface area contributed by atoms with E-state index in [2.05, 4.69) is 204 Å². The highest BCUT2D eigenvalue weighted by atomic mass is 32.2. The molecule has 67 heavy (non-hydrogen) atoms. The number of rotatable bonds is 9. The van der Waals surface area contributed by atoms with Crippen LogP contribution < -0.4 is 4.90 Å². The van der Waals surface area contributed by atoms with Gasteiger partial charge in [0.1, 0.15) is 0 Å². The van der Waals surface area contributed by atoms with E-state index in [0.29, 0.717) is 0 Å². The number of terminal acetylenes is 1. The SMILES string of the molecule is C#C/C=C\C.C/C=C\C(=C/N(C1=CC=C(c2cccc3c2C=C3C)CC1)c1ccc2c(c1)C(C)(C)C(/C=C\Sc1ccccc1C)=C2C)c1cccc2c1sc1ccccc12.CC.CC.CC. The van der Waals surface area contributed by atoms with Crippen LogP contribution in [0, 0.1) is 19.3 Å². The third-order valence-corrected chi connectivity index (χ3v) is 14.4. The summed E-state index contributed by atoms with van der Waals surface area (Å²) in [6, 6.07) is 38.1. The van der Waals surface area contributed by atoms with E-state index < -0.39 is 0 Å². The van der Waals surface area contributed by atoms with Crippen molar-refractivity contribution in [3.63, 3.8) is 0 Å². The summed E-state index contributed by atoms with van der Waals surface area (Å²) >= 11 is 3.70. The highest BCUT2D eigenvalue weighted by Crippen LogP contribution is 2.49. The minimum absolute atomic E-state index is 0.142. The Morgan fingerprint density at radius 2 is 1.45 bits per heavy atom. The normalized spacial score (nSPS) is 14.5. The van der Waals surface area contributed by atoms with Crippen LogP contribution >= 0.6 is 23.1 Å². The van der Waals surface area contributed by atoms with Crippen molar-refractivity contribution < 1.29 is 0 Å². The van der Waals surface area contributed by atoms with Gasteiger partial charge in [-0.1, -0.05) is 188 Å². The van der Waals surface area contributed by atoms with Gasteiger partial charge in [-0.15, -0.1) is 17.8 Å². The smallest absolute Gasteiger partial charge is 0.0455 e. The minimum Gasteiger partial charge on any atom is -0.320 e. The monoisotopic (exact) mass is 918 g/mol. The van der Waals surface area contributed by atoms with Crippen LogP contribution in [0.5, 0.6) is 0 Å². The molecule has 1 aromatic heterocycles. The van der Waals surface area contributed by atoms with Crippen LogP contribution in [0.3, 0.4) is 0 Å². The number of anilines is 1. The van der Waals surface area contributed by atoms with Crippen LogP contribution in [-0.4, -0.2) is 0 Å². The van der Waals surface area contributed by atoms with Crippen LogP contribution in [0.1, 0.15) is 135 Å². The van der Waals surface area contributed by atoms with Crippen molar-refractivity contribution in [2.75, 3.05) is 4.90 Å². The molecule has 344 valence electrons. The zero-order valence-corrected chi connectivity index (χ0v) is 44.0. The summed E-state index contributed by atoms with van der Waals surface area (Å²) < 4.78 is 2.66. The van der Waals surface area contributed by atoms with E-state index in [1.807, 2.05) is 65.9 Å². The standard InChI is InChI=1S/C53H47NS2.C5H6.3C2H6/c1-7-14-38(44-19-13-20-46-45-16-9-11-22-51(45)56-52(44)46)33-54(39-25-23-37(24-26-39)43-18-12-17-41-35(3)31-47(41)43)40-27-28-42-36(4)48(53(5,6)49(42)32-40)29-30-55-50-21-10-8-15-34(50)2;1-3-5-4-2;3*1-2/h7-23,25,27-33H,24,26H2,1-6H3;1,4-5H,2H3;3*1-2H3/b14-7-,30-29-,38-33+;5-4-;;;. The van der Waals surface area contributed by atoms with E-state index >= 15 is 0 Å². The molecule has 0 saturated heterocycles. The summed E-state index contributed by atoms with van der Waals surface area (Å²) in [5.41, 5.74) is 18.5. The first-order valence-electron chi connectivity index (χ1n) is 24.2. The van der Waals surface area contributed by atoms with E-state index in [1.54, 1.807) is 17.8 Å². The van der Waals surface area contributed by atoms with E-state index in [0.717, 1.165) is 12.8 Å². The van der Waals surface area contributed by atoms with Gasteiger partial charge in [-0.05, 0) is 151 Å². The lowest BCUT2D eigenvalue weighted by Crippen LogP contribution is -2.20. The predicted octanol–water partition coefficient (Wildman–Crippen LogP) is 20.1. The molecular weight excluding hydrogens is 847 g/mol. The van der Waals surface area contributed by atoms with Crippen LogP contribution in [0.4, 0.5) is 5.69 Å². The Bertz CT molecular complexity index is 2980. The van der Waals surface area contributed by atoms with Gasteiger partial charge in [0.05, 0.1) is 0 Å². The van der Waals surface area contributed by atoms with Crippen LogP contribution in [0.15, 0.2) is 173 Å². The Morgan fingerprint density at radius 1 is 0.746 bits per heavy atom. The summed E-state index contributed by atoms with van der Waals surface area (Å²) in [5.74, 6) is 2.34. The lowest BCUT2D eigenvalue weighted by Gasteiger charge is -2.30. The quantitative estimate of drug-likeness (QED) is 0.0808. The van der Waals surface area contributed by atoms with Gasteiger partial charge < -0.3 is 4.90 Å². The molecular formula is C64H71NS2. The summed E-state index contributed by atoms with van der Waals surface area (Å²) in [5, 5.41) is 4.92. The highest BCUT2D eigenvalue weighted by Gasteiger charge is 2.35. The molecule has 0 bridgehead atoms. The molecule has 0 amide bonds. The lowest BCUT2D eigenvalue weighted by atomic mass is 9.81. The number of thioether (sulfide) groups is 1. The van der Waals surface area contributed by atoms with Gasteiger partial charge in [-0.2, -0.15) is 0 Å². The Hall–Kier alpha value is -6.05. The van der Waals surface area contributed by atoms with Crippen LogP contribution in [0.25, 0.3) is 48.5 Å². The number of nitrogens with zero attached hydrogens (tertiary/aromatic N) is 1. The molecule has 0 atom stereocenters. The van der Waals surface area contributed by atoms with Gasteiger partial charge in [0.2, 0.25) is 0 Å². The Labute approximate surface area is 412 Å². The molecule has 1 nitrogen and oxygen atoms in total. The Balaban J connectivity index is 0.000000702. The number of allylic oxidation sites excluding steroid dienone is 13. The van der Waals surface area contributed by atoms with E-state index in [9.17, 15) is 0 Å². The summed E-state index contributed by atoms with van der Waals surface area (Å²) in [6.45, 7) is 27.5. The fourth-order valence-electron chi connectivity index (χ4n) is 9.01. The van der Waals surface area contributed by atoms with Crippen LogP contribution in [-0.2, 0) is 5.41 Å². The highest BCUT2D eigenvalue weighted by molar-refractivity contribution is 8.02. The molecule has 3 heteroatoms. The molecule has 0 fully saturated rings. The molecule has 0 unspecified atom stereocenters. The van der Waals surface area contributed by atoms with Crippen molar-refractivity contribution in [2.24, 2.45) is 0 Å². The van der Waals surface area contributed by atoms with Crippen molar-refractivity contribution in [3.05, 3.63) is 207 Å². The number of benzene rings is 5. The first kappa shape index (κ1) is 51.9. The van der Waals surface area contributed by atoms with Gasteiger partial charge >= 0.3 is 0 Å². The van der Waals surface area contributed by atoms with Gasteiger partial charge in [-0.25, -0.2) is 0 Å². The topological polar surface area (TPSA) is 3.24 Å². The molecule has 3 aliphatic carbocycles. The van der Waals surface area contributed by atoms with E-state index in [-0.39, 0.29) is 5.41 Å². The average molecular weight is 918 g/mol. The maximum Gasteiger partial charge on any atom is 0.0455 e. The second-order valence-corrected chi connectivity index (χ2v) is 18.4. The lowest BCUT2D eigenvalue weighted by molar-refractivity contribution is 0.654. The van der Waals surface area contributed by atoms with Gasteiger partial charge in [0.25, 0.3) is 0 Å². The van der Waals surface area contributed by atoms with Crippen molar-refractivity contribution in [3.8, 4) is 12.3 Å². The molecule has 0 radical (unpaired) electrons. The average Bonchev–Trinajstić information content (AvgIpc) is 3.83. The molecule has 1 heterocycles. The Kier molecular flexibility index (Phi) is 19.1. The zero-order chi connectivity index (χ0) is 48.7. The first-order chi connectivity index (χ1) is 32.6. The molecule has 0 N–H and O–H groups in total. The summed E-state index contributed by atoms with van der Waals surface area (Å²) in [4.78, 5) is 3.78. The second kappa shape index (κ2) is 24.6. The van der Waals surface area contributed by atoms with Crippen LogP contribution in [0.2, 0.25) is 0 Å². The van der Waals surface area contributed by atoms with Crippen molar-refractivity contribution in [1.82, 2.24) is 0 Å². The van der Waals surface area contributed by atoms with Gasteiger partial charge in [0.15, 0.2) is 0 Å². The summed E-state index contributed by atoms with van der Waals surface area (Å²) in [6.07, 6.45) is 26.5. The number of hydrogen-bond acceptors (Lipinski definition) is 3. The number of fused-ring (bicyclic) bond motifs is 5. The number of aryl methyl sites for hydroxylation is 1.